The van der Waals surface area contributed by atoms with Crippen molar-refractivity contribution in [1.29, 1.82) is 0 Å². The van der Waals surface area contributed by atoms with Crippen molar-refractivity contribution in [3.63, 3.8) is 0 Å². The first-order chi connectivity index (χ1) is 7.56. The van der Waals surface area contributed by atoms with Crippen LogP contribution in [0.1, 0.15) is 22.3 Å². The number of β-amino-alcohol motifs (C(OH)–C–C–N with tert-alkyl or cyclic N) is 1. The number of likely N-dealkylation sites (tertiary alicyclic amines) is 1. The van der Waals surface area contributed by atoms with Gasteiger partial charge in [-0.15, -0.1) is 0 Å². The predicted molar refractivity (Wildman–Crippen MR) is 62.1 cm³/mol. The molecule has 86 valence electrons. The van der Waals surface area contributed by atoms with Crippen LogP contribution >= 0.6 is 0 Å². The van der Waals surface area contributed by atoms with E-state index in [0.29, 0.717) is 30.8 Å². The van der Waals surface area contributed by atoms with Gasteiger partial charge in [-0.05, 0) is 37.1 Å². The summed E-state index contributed by atoms with van der Waals surface area (Å²) in [6.45, 7) is 2.95. The summed E-state index contributed by atoms with van der Waals surface area (Å²) in [6.07, 6.45) is 0.277. The van der Waals surface area contributed by atoms with Crippen LogP contribution in [0.3, 0.4) is 0 Å². The molecule has 0 radical (unpaired) electrons. The topological polar surface area (TPSA) is 66.6 Å². The fourth-order valence-corrected chi connectivity index (χ4v) is 2.05. The Balaban J connectivity index is 2.20. The zero-order valence-corrected chi connectivity index (χ0v) is 9.31. The van der Waals surface area contributed by atoms with Crippen molar-refractivity contribution in [3.8, 4) is 0 Å². The van der Waals surface area contributed by atoms with Gasteiger partial charge in [0.1, 0.15) is 0 Å². The van der Waals surface area contributed by atoms with Crippen molar-refractivity contribution in [1.82, 2.24) is 4.90 Å². The average molecular weight is 220 g/mol. The quantitative estimate of drug-likeness (QED) is 0.687. The molecule has 0 aliphatic carbocycles. The minimum Gasteiger partial charge on any atom is -0.399 e. The van der Waals surface area contributed by atoms with Crippen LogP contribution in [0.15, 0.2) is 18.2 Å². The maximum atomic E-state index is 12.1. The monoisotopic (exact) mass is 220 g/mol. The molecule has 16 heavy (non-hydrogen) atoms. The molecule has 1 saturated heterocycles. The number of benzene rings is 1. The van der Waals surface area contributed by atoms with Crippen molar-refractivity contribution in [2.75, 3.05) is 18.8 Å². The van der Waals surface area contributed by atoms with Crippen molar-refractivity contribution >= 4 is 11.6 Å². The van der Waals surface area contributed by atoms with Crippen LogP contribution in [-0.4, -0.2) is 35.1 Å². The molecule has 3 N–H and O–H groups in total. The van der Waals surface area contributed by atoms with Gasteiger partial charge in [0.15, 0.2) is 0 Å². The van der Waals surface area contributed by atoms with E-state index >= 15 is 0 Å². The molecule has 1 aliphatic heterocycles. The zero-order valence-electron chi connectivity index (χ0n) is 9.31. The number of hydrogen-bond donors (Lipinski definition) is 2. The van der Waals surface area contributed by atoms with Gasteiger partial charge in [0.2, 0.25) is 0 Å². The van der Waals surface area contributed by atoms with Crippen LogP contribution in [0.5, 0.6) is 0 Å². The molecule has 1 amide bonds. The summed E-state index contributed by atoms with van der Waals surface area (Å²) in [4.78, 5) is 13.7. The molecule has 0 bridgehead atoms. The number of carbonyl (C=O) groups excluding carboxylic acids is 1. The highest BCUT2D eigenvalue weighted by Gasteiger charge is 2.25. The Labute approximate surface area is 94.7 Å². The Morgan fingerprint density at radius 1 is 1.50 bits per heavy atom. The van der Waals surface area contributed by atoms with Gasteiger partial charge in [0.25, 0.3) is 5.91 Å². The molecule has 0 saturated carbocycles. The summed E-state index contributed by atoms with van der Waals surface area (Å²) < 4.78 is 0. The summed E-state index contributed by atoms with van der Waals surface area (Å²) in [6, 6.07) is 5.33. The Morgan fingerprint density at radius 2 is 2.25 bits per heavy atom. The summed E-state index contributed by atoms with van der Waals surface area (Å²) >= 11 is 0. The van der Waals surface area contributed by atoms with Crippen LogP contribution < -0.4 is 5.73 Å². The van der Waals surface area contributed by atoms with Crippen molar-refractivity contribution in [2.45, 2.75) is 19.4 Å². The van der Waals surface area contributed by atoms with Gasteiger partial charge in [0.05, 0.1) is 6.10 Å². The molecule has 4 heteroatoms. The van der Waals surface area contributed by atoms with E-state index in [9.17, 15) is 9.90 Å². The van der Waals surface area contributed by atoms with Gasteiger partial charge in [-0.3, -0.25) is 4.79 Å². The van der Waals surface area contributed by atoms with E-state index in [2.05, 4.69) is 0 Å². The van der Waals surface area contributed by atoms with Gasteiger partial charge in [-0.25, -0.2) is 0 Å². The van der Waals surface area contributed by atoms with E-state index in [0.717, 1.165) is 5.56 Å². The van der Waals surface area contributed by atoms with Crippen LogP contribution in [0.2, 0.25) is 0 Å². The molecular formula is C12H16N2O2. The van der Waals surface area contributed by atoms with Gasteiger partial charge >= 0.3 is 0 Å². The Hall–Kier alpha value is -1.55. The fourth-order valence-electron chi connectivity index (χ4n) is 2.05. The molecule has 1 aromatic carbocycles. The number of carbonyl (C=O) groups is 1. The highest BCUT2D eigenvalue weighted by molar-refractivity contribution is 5.95. The number of nitrogen functional groups attached to an aromatic ring is 1. The van der Waals surface area contributed by atoms with Crippen molar-refractivity contribution in [2.24, 2.45) is 0 Å². The van der Waals surface area contributed by atoms with E-state index < -0.39 is 0 Å². The van der Waals surface area contributed by atoms with Crippen LogP contribution in [-0.2, 0) is 0 Å². The molecule has 4 nitrogen and oxygen atoms in total. The first-order valence-electron chi connectivity index (χ1n) is 5.41. The number of aliphatic hydroxyl groups excluding tert-OH is 1. The first kappa shape index (κ1) is 11.0. The number of hydrogen-bond acceptors (Lipinski definition) is 3. The van der Waals surface area contributed by atoms with Gasteiger partial charge in [0, 0.05) is 24.3 Å². The van der Waals surface area contributed by atoms with E-state index in [4.69, 9.17) is 5.73 Å². The number of amides is 1. The second-order valence-electron chi connectivity index (χ2n) is 4.33. The highest BCUT2D eigenvalue weighted by Crippen LogP contribution is 2.17. The lowest BCUT2D eigenvalue weighted by Gasteiger charge is -2.16. The molecule has 1 atom stereocenters. The molecule has 1 heterocycles. The number of nitrogens with zero attached hydrogens (tertiary/aromatic N) is 1. The lowest BCUT2D eigenvalue weighted by Crippen LogP contribution is -2.29. The zero-order chi connectivity index (χ0) is 11.7. The lowest BCUT2D eigenvalue weighted by atomic mass is 10.1. The van der Waals surface area contributed by atoms with Crippen molar-refractivity contribution in [3.05, 3.63) is 29.3 Å². The molecule has 0 aromatic heterocycles. The van der Waals surface area contributed by atoms with E-state index in [1.165, 1.54) is 0 Å². The molecule has 2 rings (SSSR count). The summed E-state index contributed by atoms with van der Waals surface area (Å²) in [5, 5.41) is 9.39. The van der Waals surface area contributed by atoms with Gasteiger partial charge < -0.3 is 15.7 Å². The fraction of sp³-hybridized carbons (Fsp3) is 0.417. The third-order valence-corrected chi connectivity index (χ3v) is 2.80. The minimum atomic E-state index is -0.383. The van der Waals surface area contributed by atoms with Crippen LogP contribution in [0.4, 0.5) is 5.69 Å². The highest BCUT2D eigenvalue weighted by atomic mass is 16.3. The van der Waals surface area contributed by atoms with Gasteiger partial charge in [-0.2, -0.15) is 0 Å². The molecule has 1 aliphatic rings. The van der Waals surface area contributed by atoms with E-state index in [1.54, 1.807) is 11.0 Å². The minimum absolute atomic E-state index is 0.0491. The Kier molecular flexibility index (Phi) is 2.83. The molecule has 0 spiro atoms. The predicted octanol–water partition coefficient (Wildman–Crippen LogP) is 0.784. The summed E-state index contributed by atoms with van der Waals surface area (Å²) in [5.41, 5.74) is 7.88. The summed E-state index contributed by atoms with van der Waals surface area (Å²) in [5.74, 6) is -0.0491. The normalized spacial score (nSPS) is 20.1. The third kappa shape index (κ3) is 2.17. The number of nitrogens with two attached hydrogens (primary N) is 1. The molecule has 1 aromatic rings. The van der Waals surface area contributed by atoms with Crippen LogP contribution in [0.25, 0.3) is 0 Å². The second kappa shape index (κ2) is 4.14. The lowest BCUT2D eigenvalue weighted by molar-refractivity contribution is 0.0765. The Bertz CT molecular complexity index is 397. The number of rotatable bonds is 1. The number of anilines is 1. The van der Waals surface area contributed by atoms with Crippen molar-refractivity contribution < 1.29 is 9.90 Å². The smallest absolute Gasteiger partial charge is 0.254 e. The average Bonchev–Trinajstić information content (AvgIpc) is 2.62. The molecule has 1 fully saturated rings. The number of aryl methyl sites for hydroxylation is 1. The Morgan fingerprint density at radius 3 is 2.81 bits per heavy atom. The summed E-state index contributed by atoms with van der Waals surface area (Å²) in [7, 11) is 0. The molecular weight excluding hydrogens is 204 g/mol. The van der Waals surface area contributed by atoms with E-state index in [1.807, 2.05) is 19.1 Å². The van der Waals surface area contributed by atoms with Crippen LogP contribution in [0, 0.1) is 6.92 Å². The van der Waals surface area contributed by atoms with E-state index in [-0.39, 0.29) is 12.0 Å². The third-order valence-electron chi connectivity index (χ3n) is 2.80. The largest absolute Gasteiger partial charge is 0.399 e. The SMILES string of the molecule is Cc1cc(N)cc(C(=O)N2CC[C@H](O)C2)c1. The standard InChI is InChI=1S/C12H16N2O2/c1-8-4-9(6-10(13)5-8)12(16)14-3-2-11(15)7-14/h4-6,11,15H,2-3,7,13H2,1H3/t11-/m0/s1. The maximum absolute atomic E-state index is 12.1. The maximum Gasteiger partial charge on any atom is 0.254 e. The molecule has 0 unspecified atom stereocenters. The van der Waals surface area contributed by atoms with Gasteiger partial charge in [-0.1, -0.05) is 0 Å². The first-order valence-corrected chi connectivity index (χ1v) is 5.41. The second-order valence-corrected chi connectivity index (χ2v) is 4.33. The number of aliphatic hydroxyl groups is 1.